The highest BCUT2D eigenvalue weighted by Gasteiger charge is 2.08. The van der Waals surface area contributed by atoms with E-state index in [4.69, 9.17) is 5.11 Å². The van der Waals surface area contributed by atoms with Gasteiger partial charge in [-0.05, 0) is 37.0 Å². The van der Waals surface area contributed by atoms with E-state index in [1.165, 1.54) is 62.9 Å². The maximum absolute atomic E-state index is 8.66. The van der Waals surface area contributed by atoms with Crippen LogP contribution in [0.4, 0.5) is 0 Å². The fourth-order valence-corrected chi connectivity index (χ4v) is 4.21. The van der Waals surface area contributed by atoms with Gasteiger partial charge in [0.1, 0.15) is 0 Å². The average Bonchev–Trinajstić information content (AvgIpc) is 2.42. The summed E-state index contributed by atoms with van der Waals surface area (Å²) in [6, 6.07) is 0. The fourth-order valence-electron chi connectivity index (χ4n) is 1.91. The Morgan fingerprint density at radius 1 is 0.696 bits per heavy atom. The lowest BCUT2D eigenvalue weighted by Gasteiger charge is -2.17. The molecule has 0 aromatic heterocycles. The summed E-state index contributed by atoms with van der Waals surface area (Å²) in [5, 5.41) is 8.66. The molecule has 0 aliphatic rings. The average molecular weight is 365 g/mol. The molecule has 0 bridgehead atoms. The summed E-state index contributed by atoms with van der Waals surface area (Å²) in [4.78, 5) is 0. The van der Waals surface area contributed by atoms with Crippen molar-refractivity contribution in [2.24, 2.45) is 11.3 Å². The molecule has 0 radical (unpaired) electrons. The van der Waals surface area contributed by atoms with Crippen molar-refractivity contribution < 1.29 is 5.11 Å². The summed E-state index contributed by atoms with van der Waals surface area (Å²) in [5.74, 6) is 3.43. The van der Waals surface area contributed by atoms with Gasteiger partial charge in [0.2, 0.25) is 0 Å². The van der Waals surface area contributed by atoms with Gasteiger partial charge in [0.25, 0.3) is 0 Å². The van der Waals surface area contributed by atoms with E-state index in [1.807, 2.05) is 21.6 Å². The first-order valence-corrected chi connectivity index (χ1v) is 12.1. The van der Waals surface area contributed by atoms with E-state index in [1.54, 1.807) is 0 Å². The predicted octanol–water partition coefficient (Wildman–Crippen LogP) is 7.58. The Morgan fingerprint density at radius 3 is 1.48 bits per heavy atom. The quantitative estimate of drug-likeness (QED) is 0.268. The molecule has 0 unspecified atom stereocenters. The van der Waals surface area contributed by atoms with Crippen LogP contribution in [0.15, 0.2) is 0 Å². The van der Waals surface area contributed by atoms with Gasteiger partial charge in [-0.25, -0.2) is 0 Å². The van der Waals surface area contributed by atoms with Crippen LogP contribution in [0.1, 0.15) is 99.3 Å². The number of aliphatic hydroxyl groups excluding tert-OH is 1. The lowest BCUT2D eigenvalue weighted by molar-refractivity contribution is 0.283. The van der Waals surface area contributed by atoms with Crippen LogP contribution in [-0.2, 0) is 0 Å². The smallest absolute Gasteiger partial charge is 0.0431 e. The molecular weight excluding hydrogens is 320 g/mol. The SMILES string of the molecule is CC(C)(C)CCCCCCSSCCCCCCO.CC(C)C. The molecule has 0 amide bonds. The summed E-state index contributed by atoms with van der Waals surface area (Å²) < 4.78 is 0. The molecule has 1 N–H and O–H groups in total. The Bertz CT molecular complexity index is 209. The molecule has 1 nitrogen and oxygen atoms in total. The molecule has 0 aliphatic heterocycles. The zero-order valence-electron chi connectivity index (χ0n) is 16.8. The summed E-state index contributed by atoms with van der Waals surface area (Å²) in [7, 11) is 4.08. The molecule has 0 atom stereocenters. The topological polar surface area (TPSA) is 20.2 Å². The molecule has 0 aromatic carbocycles. The second kappa shape index (κ2) is 19.0. The van der Waals surface area contributed by atoms with Gasteiger partial charge in [-0.3, -0.25) is 0 Å². The van der Waals surface area contributed by atoms with Crippen LogP contribution in [0.2, 0.25) is 0 Å². The summed E-state index contributed by atoms with van der Waals surface area (Å²) in [6.45, 7) is 13.9. The summed E-state index contributed by atoms with van der Waals surface area (Å²) in [6.07, 6.45) is 11.7. The van der Waals surface area contributed by atoms with Gasteiger partial charge < -0.3 is 5.11 Å². The molecule has 0 fully saturated rings. The van der Waals surface area contributed by atoms with Crippen molar-refractivity contribution in [1.82, 2.24) is 0 Å². The predicted molar refractivity (Wildman–Crippen MR) is 114 cm³/mol. The van der Waals surface area contributed by atoms with Crippen molar-refractivity contribution in [3.8, 4) is 0 Å². The van der Waals surface area contributed by atoms with Crippen molar-refractivity contribution in [2.75, 3.05) is 18.1 Å². The third kappa shape index (κ3) is 34.8. The Balaban J connectivity index is 0. The van der Waals surface area contributed by atoms with E-state index in [0.29, 0.717) is 12.0 Å². The third-order valence-electron chi connectivity index (χ3n) is 3.12. The normalized spacial score (nSPS) is 11.5. The molecule has 0 rings (SSSR count). The number of hydrogen-bond donors (Lipinski definition) is 1. The lowest BCUT2D eigenvalue weighted by atomic mass is 9.89. The van der Waals surface area contributed by atoms with Crippen LogP contribution in [0.3, 0.4) is 0 Å². The van der Waals surface area contributed by atoms with Gasteiger partial charge in [-0.1, -0.05) is 95.2 Å². The van der Waals surface area contributed by atoms with Gasteiger partial charge in [-0.15, -0.1) is 0 Å². The van der Waals surface area contributed by atoms with Gasteiger partial charge in [-0.2, -0.15) is 0 Å². The second-order valence-corrected chi connectivity index (χ2v) is 10.9. The molecule has 0 heterocycles. The number of unbranched alkanes of at least 4 members (excludes halogenated alkanes) is 6. The Kier molecular flexibility index (Phi) is 21.4. The molecule has 3 heteroatoms. The largest absolute Gasteiger partial charge is 0.396 e. The van der Waals surface area contributed by atoms with E-state index in [2.05, 4.69) is 41.5 Å². The Morgan fingerprint density at radius 2 is 1.09 bits per heavy atom. The van der Waals surface area contributed by atoms with E-state index in [0.717, 1.165) is 12.3 Å². The van der Waals surface area contributed by atoms with E-state index >= 15 is 0 Å². The zero-order chi connectivity index (χ0) is 18.0. The van der Waals surface area contributed by atoms with E-state index < -0.39 is 0 Å². The second-order valence-electron chi connectivity index (χ2n) is 8.24. The fraction of sp³-hybridized carbons (Fsp3) is 1.00. The summed E-state index contributed by atoms with van der Waals surface area (Å²) >= 11 is 0. The maximum atomic E-state index is 8.66. The Hall–Kier alpha value is 0.660. The van der Waals surface area contributed by atoms with Crippen LogP contribution in [0, 0.1) is 11.3 Å². The summed E-state index contributed by atoms with van der Waals surface area (Å²) in [5.41, 5.74) is 0.515. The minimum Gasteiger partial charge on any atom is -0.396 e. The van der Waals surface area contributed by atoms with Crippen molar-refractivity contribution in [1.29, 1.82) is 0 Å². The minimum absolute atomic E-state index is 0.358. The molecule has 0 spiro atoms. The van der Waals surface area contributed by atoms with Crippen LogP contribution < -0.4 is 0 Å². The molecule has 142 valence electrons. The highest BCUT2D eigenvalue weighted by Crippen LogP contribution is 2.25. The zero-order valence-corrected chi connectivity index (χ0v) is 18.5. The number of aliphatic hydroxyl groups is 1. The van der Waals surface area contributed by atoms with E-state index in [-0.39, 0.29) is 0 Å². The van der Waals surface area contributed by atoms with Gasteiger partial charge in [0.05, 0.1) is 0 Å². The van der Waals surface area contributed by atoms with Gasteiger partial charge in [0.15, 0.2) is 0 Å². The lowest BCUT2D eigenvalue weighted by Crippen LogP contribution is -2.03. The molecule has 0 aromatic rings. The van der Waals surface area contributed by atoms with Crippen LogP contribution in [0.25, 0.3) is 0 Å². The van der Waals surface area contributed by atoms with Crippen molar-refractivity contribution >= 4 is 21.6 Å². The number of hydrogen-bond acceptors (Lipinski definition) is 3. The van der Waals surface area contributed by atoms with Gasteiger partial charge >= 0.3 is 0 Å². The highest BCUT2D eigenvalue weighted by atomic mass is 33.1. The molecule has 0 aliphatic carbocycles. The molecule has 0 saturated carbocycles. The Labute approximate surface area is 155 Å². The maximum Gasteiger partial charge on any atom is 0.0431 e. The van der Waals surface area contributed by atoms with Crippen LogP contribution in [0.5, 0.6) is 0 Å². The van der Waals surface area contributed by atoms with Crippen molar-refractivity contribution in [2.45, 2.75) is 99.3 Å². The first-order chi connectivity index (χ1) is 10.8. The molecule has 0 saturated heterocycles. The highest BCUT2D eigenvalue weighted by molar-refractivity contribution is 8.76. The van der Waals surface area contributed by atoms with Crippen LogP contribution >= 0.6 is 21.6 Å². The standard InChI is InChI=1S/C16H34OS2.C4H10/c1-16(2,3)12-8-4-6-10-14-18-19-15-11-7-5-9-13-17;1-4(2)3/h17H,4-15H2,1-3H3;4H,1-3H3. The monoisotopic (exact) mass is 364 g/mol. The first-order valence-electron chi connectivity index (χ1n) is 9.65. The van der Waals surface area contributed by atoms with E-state index in [9.17, 15) is 0 Å². The molecule has 23 heavy (non-hydrogen) atoms. The third-order valence-corrected chi connectivity index (χ3v) is 5.70. The first kappa shape index (κ1) is 25.9. The van der Waals surface area contributed by atoms with Crippen molar-refractivity contribution in [3.05, 3.63) is 0 Å². The molecular formula is C20H44OS2. The van der Waals surface area contributed by atoms with Gasteiger partial charge in [0, 0.05) is 18.1 Å². The minimum atomic E-state index is 0.358. The number of rotatable bonds is 13. The van der Waals surface area contributed by atoms with Crippen LogP contribution in [-0.4, -0.2) is 23.2 Å². The van der Waals surface area contributed by atoms with Crippen molar-refractivity contribution in [3.63, 3.8) is 0 Å².